The summed E-state index contributed by atoms with van der Waals surface area (Å²) >= 11 is 11.5. The Morgan fingerprint density at radius 3 is 2.39 bits per heavy atom. The molecule has 3 rings (SSSR count). The minimum absolute atomic E-state index is 0.00877. The van der Waals surface area contributed by atoms with Gasteiger partial charge in [0.2, 0.25) is 0 Å². The zero-order valence-electron chi connectivity index (χ0n) is 15.8. The number of thiocarbonyl (C=S) groups is 1. The van der Waals surface area contributed by atoms with Crippen molar-refractivity contribution in [1.29, 1.82) is 0 Å². The summed E-state index contributed by atoms with van der Waals surface area (Å²) in [6.45, 7) is 4.71. The highest BCUT2D eigenvalue weighted by atomic mass is 35.5. The van der Waals surface area contributed by atoms with Crippen molar-refractivity contribution in [3.05, 3.63) is 76.2 Å². The van der Waals surface area contributed by atoms with E-state index in [0.29, 0.717) is 40.7 Å². The van der Waals surface area contributed by atoms with Gasteiger partial charge in [0, 0.05) is 29.4 Å². The molecule has 2 aromatic carbocycles. The number of rotatable bonds is 5. The van der Waals surface area contributed by atoms with Crippen molar-refractivity contribution in [3.8, 4) is 0 Å². The number of carbonyl (C=O) groups excluding carboxylic acids is 1. The number of allylic oxidation sites excluding steroid dienone is 1. The lowest BCUT2D eigenvalue weighted by Gasteiger charge is -2.33. The monoisotopic (exact) mass is 416 g/mol. The minimum Gasteiger partial charge on any atom is -0.384 e. The fourth-order valence-electron chi connectivity index (χ4n) is 3.27. The summed E-state index contributed by atoms with van der Waals surface area (Å²) in [6, 6.07) is 13.5. The summed E-state index contributed by atoms with van der Waals surface area (Å²) in [6.07, 6.45) is 1.15. The molecular weight excluding hydrogens is 395 g/mol. The van der Waals surface area contributed by atoms with E-state index in [0.717, 1.165) is 11.3 Å². The quantitative estimate of drug-likeness (QED) is 0.618. The van der Waals surface area contributed by atoms with Gasteiger partial charge in [-0.1, -0.05) is 49.8 Å². The normalized spacial score (nSPS) is 16.1. The van der Waals surface area contributed by atoms with Gasteiger partial charge in [0.1, 0.15) is 10.8 Å². The second-order valence-electron chi connectivity index (χ2n) is 7.74. The predicted octanol–water partition coefficient (Wildman–Crippen LogP) is 5.65. The summed E-state index contributed by atoms with van der Waals surface area (Å²) in [5.74, 6) is -0.314. The maximum Gasteiger partial charge on any atom is 0.168 e. The molecule has 146 valence electrons. The van der Waals surface area contributed by atoms with E-state index in [1.54, 1.807) is 12.1 Å². The predicted molar refractivity (Wildman–Crippen MR) is 116 cm³/mol. The summed E-state index contributed by atoms with van der Waals surface area (Å²) in [7, 11) is 0. The first kappa shape index (κ1) is 20.5. The first-order valence-electron chi connectivity index (χ1n) is 9.05. The van der Waals surface area contributed by atoms with Crippen LogP contribution in [-0.2, 0) is 11.3 Å². The Labute approximate surface area is 175 Å². The summed E-state index contributed by atoms with van der Waals surface area (Å²) in [5, 5.41) is 7.14. The van der Waals surface area contributed by atoms with Crippen LogP contribution < -0.4 is 10.6 Å². The minimum atomic E-state index is -0.323. The van der Waals surface area contributed by atoms with Gasteiger partial charge in [-0.3, -0.25) is 4.79 Å². The van der Waals surface area contributed by atoms with Gasteiger partial charge < -0.3 is 10.6 Å². The molecule has 0 unspecified atom stereocenters. The van der Waals surface area contributed by atoms with Gasteiger partial charge >= 0.3 is 0 Å². The van der Waals surface area contributed by atoms with Crippen LogP contribution in [0.2, 0.25) is 5.02 Å². The summed E-state index contributed by atoms with van der Waals surface area (Å²) < 4.78 is 13.1. The number of hydrogen-bond donors (Lipinski definition) is 2. The number of carbonyl (C=O) groups is 1. The Bertz CT molecular complexity index is 921. The topological polar surface area (TPSA) is 41.1 Å². The number of anilines is 1. The van der Waals surface area contributed by atoms with Crippen LogP contribution in [-0.4, -0.2) is 10.8 Å². The molecular formula is C22H22ClFN2OS. The molecule has 0 amide bonds. The Hall–Kier alpha value is -2.24. The van der Waals surface area contributed by atoms with Gasteiger partial charge in [-0.2, -0.15) is 0 Å². The molecule has 0 fully saturated rings. The molecule has 2 N–H and O–H groups in total. The molecule has 0 saturated heterocycles. The highest BCUT2D eigenvalue weighted by Crippen LogP contribution is 2.36. The van der Waals surface area contributed by atoms with Crippen LogP contribution in [0.1, 0.15) is 32.3 Å². The van der Waals surface area contributed by atoms with Gasteiger partial charge in [0.15, 0.2) is 5.78 Å². The van der Waals surface area contributed by atoms with Crippen molar-refractivity contribution in [3.63, 3.8) is 0 Å². The number of ketones is 1. The van der Waals surface area contributed by atoms with E-state index in [-0.39, 0.29) is 17.0 Å². The highest BCUT2D eigenvalue weighted by Gasteiger charge is 2.34. The van der Waals surface area contributed by atoms with Gasteiger partial charge in [-0.15, -0.1) is 0 Å². The van der Waals surface area contributed by atoms with Crippen LogP contribution in [0.3, 0.4) is 0 Å². The van der Waals surface area contributed by atoms with Crippen LogP contribution in [0, 0.1) is 11.2 Å². The number of hydrogen-bond acceptors (Lipinski definition) is 3. The molecule has 0 atom stereocenters. The smallest absolute Gasteiger partial charge is 0.168 e. The van der Waals surface area contributed by atoms with Crippen molar-refractivity contribution in [2.75, 3.05) is 5.32 Å². The largest absolute Gasteiger partial charge is 0.384 e. The molecule has 3 nitrogen and oxygen atoms in total. The molecule has 0 bridgehead atoms. The highest BCUT2D eigenvalue weighted by molar-refractivity contribution is 7.81. The number of benzene rings is 2. The lowest BCUT2D eigenvalue weighted by Crippen LogP contribution is -2.35. The van der Waals surface area contributed by atoms with Crippen LogP contribution in [0.25, 0.3) is 0 Å². The molecule has 0 aliphatic heterocycles. The zero-order chi connectivity index (χ0) is 20.3. The average molecular weight is 417 g/mol. The molecule has 0 spiro atoms. The molecule has 0 radical (unpaired) electrons. The Balaban J connectivity index is 1.84. The fourth-order valence-corrected chi connectivity index (χ4v) is 3.75. The SMILES string of the molecule is CC1(C)CC(=O)C(C(=S)Nc2ccc(F)cc2)=C(NCc2ccc(Cl)cc2)C1. The second kappa shape index (κ2) is 8.41. The first-order chi connectivity index (χ1) is 13.2. The van der Waals surface area contributed by atoms with Gasteiger partial charge in [0.05, 0.1) is 5.57 Å². The third-order valence-electron chi connectivity index (χ3n) is 4.62. The van der Waals surface area contributed by atoms with Crippen molar-refractivity contribution < 1.29 is 9.18 Å². The van der Waals surface area contributed by atoms with E-state index in [9.17, 15) is 9.18 Å². The van der Waals surface area contributed by atoms with E-state index < -0.39 is 0 Å². The Kier molecular flexibility index (Phi) is 6.16. The van der Waals surface area contributed by atoms with Gasteiger partial charge in [-0.05, 0) is 53.8 Å². The molecule has 28 heavy (non-hydrogen) atoms. The van der Waals surface area contributed by atoms with Crippen LogP contribution in [0.15, 0.2) is 59.8 Å². The van der Waals surface area contributed by atoms with E-state index in [2.05, 4.69) is 24.5 Å². The number of halogens is 2. The second-order valence-corrected chi connectivity index (χ2v) is 8.58. The molecule has 0 saturated carbocycles. The van der Waals surface area contributed by atoms with Gasteiger partial charge in [0.25, 0.3) is 0 Å². The number of Topliss-reactive ketones (excluding diaryl/α,β-unsaturated/α-hetero) is 1. The van der Waals surface area contributed by atoms with E-state index in [1.807, 2.05) is 24.3 Å². The maximum atomic E-state index is 13.1. The van der Waals surface area contributed by atoms with Crippen molar-refractivity contribution in [2.24, 2.45) is 5.41 Å². The molecule has 6 heteroatoms. The summed E-state index contributed by atoms with van der Waals surface area (Å²) in [4.78, 5) is 13.2. The third-order valence-corrected chi connectivity index (χ3v) is 5.18. The molecule has 2 aromatic rings. The molecule has 1 aliphatic rings. The lowest BCUT2D eigenvalue weighted by molar-refractivity contribution is -0.117. The van der Waals surface area contributed by atoms with E-state index in [4.69, 9.17) is 23.8 Å². The first-order valence-corrected chi connectivity index (χ1v) is 9.84. The lowest BCUT2D eigenvalue weighted by atomic mass is 9.75. The van der Waals surface area contributed by atoms with Crippen LogP contribution in [0.5, 0.6) is 0 Å². The van der Waals surface area contributed by atoms with Crippen molar-refractivity contribution in [2.45, 2.75) is 33.2 Å². The molecule has 1 aliphatic carbocycles. The van der Waals surface area contributed by atoms with Crippen molar-refractivity contribution >= 4 is 40.3 Å². The standard InChI is InChI=1S/C22H22ClFN2OS/c1-22(2)11-18(25-13-14-3-5-15(23)6-4-14)20(19(27)12-22)21(28)26-17-9-7-16(24)8-10-17/h3-10,25H,11-13H2,1-2H3,(H,26,28). The molecule has 0 aromatic heterocycles. The Morgan fingerprint density at radius 2 is 1.75 bits per heavy atom. The van der Waals surface area contributed by atoms with E-state index >= 15 is 0 Å². The fraction of sp³-hybridized carbons (Fsp3) is 0.273. The van der Waals surface area contributed by atoms with Gasteiger partial charge in [-0.25, -0.2) is 4.39 Å². The number of nitrogens with one attached hydrogen (secondary N) is 2. The third kappa shape index (κ3) is 5.18. The Morgan fingerprint density at radius 1 is 1.11 bits per heavy atom. The molecule has 0 heterocycles. The average Bonchev–Trinajstić information content (AvgIpc) is 2.62. The van der Waals surface area contributed by atoms with Crippen LogP contribution in [0.4, 0.5) is 10.1 Å². The summed E-state index contributed by atoms with van der Waals surface area (Å²) in [5.41, 5.74) is 2.90. The van der Waals surface area contributed by atoms with E-state index in [1.165, 1.54) is 12.1 Å². The van der Waals surface area contributed by atoms with Crippen LogP contribution >= 0.6 is 23.8 Å². The zero-order valence-corrected chi connectivity index (χ0v) is 17.4. The maximum absolute atomic E-state index is 13.1. The van der Waals surface area contributed by atoms with Crippen molar-refractivity contribution in [1.82, 2.24) is 5.32 Å².